The van der Waals surface area contributed by atoms with E-state index in [4.69, 9.17) is 9.47 Å². The molecule has 4 nitrogen and oxygen atoms in total. The largest absolute Gasteiger partial charge is 0.462 e. The molecule has 0 aromatic rings. The summed E-state index contributed by atoms with van der Waals surface area (Å²) < 4.78 is 10.7. The van der Waals surface area contributed by atoms with Crippen molar-refractivity contribution in [3.63, 3.8) is 0 Å². The van der Waals surface area contributed by atoms with Crippen molar-refractivity contribution in [2.75, 3.05) is 13.2 Å². The predicted molar refractivity (Wildman–Crippen MR) is 160 cm³/mol. The fourth-order valence-electron chi connectivity index (χ4n) is 5.59. The Morgan fingerprint density at radius 3 is 1.73 bits per heavy atom. The molecule has 0 saturated heterocycles. The molecular formula is C37H29O4. The average molecular weight is 538 g/mol. The van der Waals surface area contributed by atoms with Crippen LogP contribution < -0.4 is 10.4 Å². The van der Waals surface area contributed by atoms with E-state index in [0.29, 0.717) is 21.2 Å². The normalized spacial score (nSPS) is 12.0. The van der Waals surface area contributed by atoms with E-state index in [1.54, 1.807) is 19.9 Å². The molecule has 201 valence electrons. The van der Waals surface area contributed by atoms with E-state index in [1.807, 2.05) is 48.5 Å². The van der Waals surface area contributed by atoms with Crippen LogP contribution in [0.4, 0.5) is 0 Å². The Hall–Kier alpha value is -5.09. The van der Waals surface area contributed by atoms with E-state index >= 15 is 0 Å². The van der Waals surface area contributed by atoms with Crippen molar-refractivity contribution in [2.24, 2.45) is 0 Å². The van der Waals surface area contributed by atoms with Gasteiger partial charge in [-0.2, -0.15) is 0 Å². The number of carbonyl (C=O) groups excluding carboxylic acids is 1. The minimum atomic E-state index is -0.464. The molecule has 4 heteroatoms. The minimum Gasteiger partial charge on any atom is -0.462 e. The average Bonchev–Trinajstić information content (AvgIpc) is 3.45. The summed E-state index contributed by atoms with van der Waals surface area (Å²) in [4.78, 5) is 12.9. The first-order valence-corrected chi connectivity index (χ1v) is 13.8. The molecule has 0 fully saturated rings. The van der Waals surface area contributed by atoms with Crippen LogP contribution in [0.2, 0.25) is 0 Å². The Balaban J connectivity index is 1.73. The number of ether oxygens (including phenoxy) is 2. The Bertz CT molecular complexity index is 1930. The van der Waals surface area contributed by atoms with E-state index in [2.05, 4.69) is 60.7 Å². The summed E-state index contributed by atoms with van der Waals surface area (Å²) in [5.41, 5.74) is 8.23. The maximum absolute atomic E-state index is 12.9. The van der Waals surface area contributed by atoms with Gasteiger partial charge >= 0.3 is 11.9 Å². The lowest BCUT2D eigenvalue weighted by Crippen LogP contribution is -2.09. The molecule has 6 aliphatic carbocycles. The van der Waals surface area contributed by atoms with Crippen molar-refractivity contribution >= 4 is 17.5 Å². The van der Waals surface area contributed by atoms with Crippen molar-refractivity contribution < 1.29 is 19.4 Å². The van der Waals surface area contributed by atoms with Gasteiger partial charge in [0.25, 0.3) is 0 Å². The molecule has 0 bridgehead atoms. The second-order valence-corrected chi connectivity index (χ2v) is 9.79. The molecule has 0 unspecified atom stereocenters. The first-order chi connectivity index (χ1) is 20.1. The summed E-state index contributed by atoms with van der Waals surface area (Å²) >= 11 is 0. The summed E-state index contributed by atoms with van der Waals surface area (Å²) in [5.74, 6) is -0.928. The van der Waals surface area contributed by atoms with E-state index in [1.165, 1.54) is 0 Å². The molecule has 0 atom stereocenters. The van der Waals surface area contributed by atoms with E-state index in [-0.39, 0.29) is 13.2 Å². The summed E-state index contributed by atoms with van der Waals surface area (Å²) in [5, 5.41) is 15.5. The summed E-state index contributed by atoms with van der Waals surface area (Å²) in [6, 6.07) is 38.9. The quantitative estimate of drug-likeness (QED) is 0.226. The molecule has 1 radical (unpaired) electrons. The van der Waals surface area contributed by atoms with Gasteiger partial charge < -0.3 is 9.47 Å². The van der Waals surface area contributed by atoms with Crippen LogP contribution in [0.5, 0.6) is 0 Å². The maximum Gasteiger partial charge on any atom is 0.338 e. The van der Waals surface area contributed by atoms with Gasteiger partial charge in [0.2, 0.25) is 0 Å². The van der Waals surface area contributed by atoms with E-state index in [0.717, 1.165) is 44.2 Å². The van der Waals surface area contributed by atoms with Crippen LogP contribution in [0.3, 0.4) is 0 Å². The van der Waals surface area contributed by atoms with Crippen molar-refractivity contribution in [1.29, 1.82) is 0 Å². The van der Waals surface area contributed by atoms with Gasteiger partial charge in [0.1, 0.15) is 0 Å². The van der Waals surface area contributed by atoms with E-state index < -0.39 is 11.9 Å². The number of hydrogen-bond donors (Lipinski definition) is 0. The fourth-order valence-corrected chi connectivity index (χ4v) is 5.59. The van der Waals surface area contributed by atoms with Gasteiger partial charge in [-0.05, 0) is 74.5 Å². The predicted octanol–water partition coefficient (Wildman–Crippen LogP) is 6.58. The molecule has 0 N–H and O–H groups in total. The SMILES string of the molecule is CCOC(=O)c1cc(=C([O])OCC)c2ccc(=C(c3ccc4cccccc3-4)c3ccc4cccccc3-4)ccc1=2. The van der Waals surface area contributed by atoms with Gasteiger partial charge in [0, 0.05) is 0 Å². The van der Waals surface area contributed by atoms with Crippen LogP contribution >= 0.6 is 0 Å². The molecular weight excluding hydrogens is 508 g/mol. The lowest BCUT2D eigenvalue weighted by atomic mass is 9.93. The number of carbonyl (C=O) groups is 1. The molecule has 0 amide bonds. The summed E-state index contributed by atoms with van der Waals surface area (Å²) in [6.45, 7) is 4.02. The molecule has 0 aliphatic heterocycles. The highest BCUT2D eigenvalue weighted by Crippen LogP contribution is 2.39. The molecule has 0 saturated carbocycles. The second kappa shape index (κ2) is 11.2. The number of esters is 1. The van der Waals surface area contributed by atoms with Crippen LogP contribution in [0.25, 0.3) is 33.8 Å². The lowest BCUT2D eigenvalue weighted by Gasteiger charge is -2.10. The molecule has 6 rings (SSSR count). The molecule has 6 aliphatic rings. The zero-order valence-electron chi connectivity index (χ0n) is 23.0. The number of fused-ring (bicyclic) bond motifs is 2. The standard InChI is InChI=1S/C37H29O4/c1-3-40-36(38)33-23-34(37(39)41-4-2)30-20-18-26(17-19-29(30)33)35(31-21-15-24-11-7-5-9-13-27(24)31)32-22-16-25-12-8-6-10-14-28(25)32/h5-23H,3-4H2,1-2H3. The maximum atomic E-state index is 12.9. The first kappa shape index (κ1) is 26.1. The van der Waals surface area contributed by atoms with Gasteiger partial charge in [0.15, 0.2) is 0 Å². The minimum absolute atomic E-state index is 0.241. The Morgan fingerprint density at radius 2 is 1.15 bits per heavy atom. The van der Waals surface area contributed by atoms with Crippen LogP contribution in [0.1, 0.15) is 35.3 Å². The van der Waals surface area contributed by atoms with Crippen molar-refractivity contribution in [2.45, 2.75) is 13.8 Å². The zero-order chi connectivity index (χ0) is 28.3. The highest BCUT2D eigenvalue weighted by molar-refractivity contribution is 5.96. The fraction of sp³-hybridized carbons (Fsp3) is 0.108. The molecule has 0 heterocycles. The third-order valence-corrected chi connectivity index (χ3v) is 7.42. The topological polar surface area (TPSA) is 55.4 Å². The Labute approximate surface area is 238 Å². The summed E-state index contributed by atoms with van der Waals surface area (Å²) in [6.07, 6.45) is 0. The van der Waals surface area contributed by atoms with E-state index in [9.17, 15) is 9.90 Å². The van der Waals surface area contributed by atoms with Crippen LogP contribution in [-0.4, -0.2) is 19.2 Å². The second-order valence-electron chi connectivity index (χ2n) is 9.79. The van der Waals surface area contributed by atoms with Crippen LogP contribution in [0.15, 0.2) is 115 Å². The van der Waals surface area contributed by atoms with Gasteiger partial charge in [-0.25, -0.2) is 9.90 Å². The highest BCUT2D eigenvalue weighted by Gasteiger charge is 2.20. The smallest absolute Gasteiger partial charge is 0.338 e. The van der Waals surface area contributed by atoms with Crippen molar-refractivity contribution in [3.05, 3.63) is 153 Å². The number of rotatable bonds is 6. The zero-order valence-corrected chi connectivity index (χ0v) is 23.0. The first-order valence-electron chi connectivity index (χ1n) is 13.8. The molecule has 0 spiro atoms. The Kier molecular flexibility index (Phi) is 7.13. The van der Waals surface area contributed by atoms with Gasteiger partial charge in [-0.15, -0.1) is 0 Å². The third kappa shape index (κ3) is 4.78. The molecule has 0 aromatic carbocycles. The Morgan fingerprint density at radius 1 is 0.585 bits per heavy atom. The lowest BCUT2D eigenvalue weighted by molar-refractivity contribution is 0.0525. The number of hydrogen-bond acceptors (Lipinski definition) is 3. The van der Waals surface area contributed by atoms with Gasteiger partial charge in [-0.3, -0.25) is 0 Å². The van der Waals surface area contributed by atoms with Gasteiger partial charge in [0.05, 0.1) is 24.0 Å². The van der Waals surface area contributed by atoms with Gasteiger partial charge in [-0.1, -0.05) is 109 Å². The summed E-state index contributed by atoms with van der Waals surface area (Å²) in [7, 11) is 0. The molecule has 0 aromatic heterocycles. The monoisotopic (exact) mass is 537 g/mol. The van der Waals surface area contributed by atoms with Crippen molar-refractivity contribution in [1.82, 2.24) is 0 Å². The highest BCUT2D eigenvalue weighted by atomic mass is 16.6. The van der Waals surface area contributed by atoms with Crippen LogP contribution in [-0.2, 0) is 14.6 Å². The van der Waals surface area contributed by atoms with Crippen molar-refractivity contribution in [3.8, 4) is 22.3 Å². The molecule has 41 heavy (non-hydrogen) atoms. The van der Waals surface area contributed by atoms with Crippen LogP contribution in [0, 0.1) is 10.4 Å². The third-order valence-electron chi connectivity index (χ3n) is 7.42.